The van der Waals surface area contributed by atoms with Crippen molar-refractivity contribution in [3.05, 3.63) is 35.4 Å². The first-order valence-corrected chi connectivity index (χ1v) is 7.77. The van der Waals surface area contributed by atoms with Crippen LogP contribution in [0.1, 0.15) is 68.5 Å². The highest BCUT2D eigenvalue weighted by Gasteiger charge is 2.28. The predicted octanol–water partition coefficient (Wildman–Crippen LogP) is 3.52. The van der Waals surface area contributed by atoms with Gasteiger partial charge in [0.05, 0.1) is 6.10 Å². The molecule has 1 fully saturated rings. The SMILES string of the molecule is CC1CCC(NC2CCCC(O)C2)c2ccccc21. The molecule has 0 aliphatic heterocycles. The number of aliphatic hydroxyl groups is 1. The molecule has 0 spiro atoms. The third-order valence-corrected chi connectivity index (χ3v) is 4.87. The molecule has 4 atom stereocenters. The molecule has 0 heterocycles. The Morgan fingerprint density at radius 2 is 1.84 bits per heavy atom. The number of aliphatic hydroxyl groups excluding tert-OH is 1. The first kappa shape index (κ1) is 13.1. The lowest BCUT2D eigenvalue weighted by Gasteiger charge is -2.35. The topological polar surface area (TPSA) is 32.3 Å². The standard InChI is InChI=1S/C17H25NO/c1-12-9-10-17(16-8-3-2-7-15(12)16)18-13-5-4-6-14(19)11-13/h2-3,7-8,12-14,17-19H,4-6,9-11H2,1H3. The van der Waals surface area contributed by atoms with Crippen LogP contribution in [-0.2, 0) is 0 Å². The van der Waals surface area contributed by atoms with Crippen molar-refractivity contribution in [1.82, 2.24) is 5.32 Å². The number of nitrogens with one attached hydrogen (secondary N) is 1. The van der Waals surface area contributed by atoms with Crippen LogP contribution in [0.3, 0.4) is 0 Å². The van der Waals surface area contributed by atoms with E-state index in [0.29, 0.717) is 18.0 Å². The number of fused-ring (bicyclic) bond motifs is 1. The second-order valence-electron chi connectivity index (χ2n) is 6.34. The molecule has 1 aromatic rings. The van der Waals surface area contributed by atoms with Crippen molar-refractivity contribution in [2.24, 2.45) is 0 Å². The molecular formula is C17H25NO. The lowest BCUT2D eigenvalue weighted by atomic mass is 9.80. The van der Waals surface area contributed by atoms with Gasteiger partial charge in [0.15, 0.2) is 0 Å². The third-order valence-electron chi connectivity index (χ3n) is 4.87. The van der Waals surface area contributed by atoms with Crippen LogP contribution in [0.5, 0.6) is 0 Å². The van der Waals surface area contributed by atoms with Crippen LogP contribution in [0.4, 0.5) is 0 Å². The summed E-state index contributed by atoms with van der Waals surface area (Å²) in [4.78, 5) is 0. The summed E-state index contributed by atoms with van der Waals surface area (Å²) < 4.78 is 0. The molecule has 0 amide bonds. The van der Waals surface area contributed by atoms with E-state index in [4.69, 9.17) is 0 Å². The molecule has 0 radical (unpaired) electrons. The largest absolute Gasteiger partial charge is 0.393 e. The molecule has 3 rings (SSSR count). The molecule has 104 valence electrons. The fourth-order valence-corrected chi connectivity index (χ4v) is 3.78. The highest BCUT2D eigenvalue weighted by molar-refractivity contribution is 5.35. The van der Waals surface area contributed by atoms with E-state index >= 15 is 0 Å². The van der Waals surface area contributed by atoms with Gasteiger partial charge in [0.1, 0.15) is 0 Å². The summed E-state index contributed by atoms with van der Waals surface area (Å²) in [5.74, 6) is 0.686. The Bertz CT molecular complexity index is 431. The van der Waals surface area contributed by atoms with Gasteiger partial charge in [-0.15, -0.1) is 0 Å². The van der Waals surface area contributed by atoms with E-state index in [1.807, 2.05) is 0 Å². The van der Waals surface area contributed by atoms with Gasteiger partial charge in [0.25, 0.3) is 0 Å². The average Bonchev–Trinajstić information content (AvgIpc) is 2.42. The quantitative estimate of drug-likeness (QED) is 0.851. The molecule has 0 aromatic heterocycles. The highest BCUT2D eigenvalue weighted by Crippen LogP contribution is 2.37. The molecule has 0 saturated heterocycles. The smallest absolute Gasteiger partial charge is 0.0555 e. The van der Waals surface area contributed by atoms with Gasteiger partial charge in [-0.2, -0.15) is 0 Å². The van der Waals surface area contributed by atoms with Crippen LogP contribution in [-0.4, -0.2) is 17.3 Å². The van der Waals surface area contributed by atoms with Crippen molar-refractivity contribution in [2.45, 2.75) is 69.6 Å². The van der Waals surface area contributed by atoms with E-state index in [2.05, 4.69) is 36.5 Å². The summed E-state index contributed by atoms with van der Waals surface area (Å²) in [6, 6.07) is 9.85. The van der Waals surface area contributed by atoms with Crippen molar-refractivity contribution in [1.29, 1.82) is 0 Å². The van der Waals surface area contributed by atoms with Crippen molar-refractivity contribution in [3.8, 4) is 0 Å². The molecule has 1 aromatic carbocycles. The van der Waals surface area contributed by atoms with Crippen LogP contribution in [0, 0.1) is 0 Å². The molecule has 0 bridgehead atoms. The minimum atomic E-state index is -0.0935. The maximum absolute atomic E-state index is 9.81. The Hall–Kier alpha value is -0.860. The van der Waals surface area contributed by atoms with Gasteiger partial charge in [-0.05, 0) is 55.6 Å². The van der Waals surface area contributed by atoms with Gasteiger partial charge in [-0.3, -0.25) is 0 Å². The van der Waals surface area contributed by atoms with Gasteiger partial charge < -0.3 is 10.4 Å². The van der Waals surface area contributed by atoms with Gasteiger partial charge in [0.2, 0.25) is 0 Å². The Morgan fingerprint density at radius 3 is 2.63 bits per heavy atom. The zero-order valence-corrected chi connectivity index (χ0v) is 11.8. The summed E-state index contributed by atoms with van der Waals surface area (Å²) in [5, 5.41) is 13.6. The van der Waals surface area contributed by atoms with E-state index in [9.17, 15) is 5.11 Å². The Morgan fingerprint density at radius 1 is 1.05 bits per heavy atom. The Labute approximate surface area is 116 Å². The van der Waals surface area contributed by atoms with Gasteiger partial charge in [-0.1, -0.05) is 31.2 Å². The number of benzene rings is 1. The lowest BCUT2D eigenvalue weighted by Crippen LogP contribution is -2.39. The molecule has 4 unspecified atom stereocenters. The molecule has 1 saturated carbocycles. The maximum Gasteiger partial charge on any atom is 0.0555 e. The summed E-state index contributed by atoms with van der Waals surface area (Å²) in [6.45, 7) is 2.33. The summed E-state index contributed by atoms with van der Waals surface area (Å²) >= 11 is 0. The van der Waals surface area contributed by atoms with Crippen LogP contribution in [0.15, 0.2) is 24.3 Å². The summed E-state index contributed by atoms with van der Waals surface area (Å²) in [7, 11) is 0. The fraction of sp³-hybridized carbons (Fsp3) is 0.647. The highest BCUT2D eigenvalue weighted by atomic mass is 16.3. The van der Waals surface area contributed by atoms with Crippen LogP contribution in [0.25, 0.3) is 0 Å². The summed E-state index contributed by atoms with van der Waals surface area (Å²) in [5.41, 5.74) is 3.00. The van der Waals surface area contributed by atoms with Crippen LogP contribution < -0.4 is 5.32 Å². The maximum atomic E-state index is 9.81. The summed E-state index contributed by atoms with van der Waals surface area (Å²) in [6.07, 6.45) is 6.68. The number of hydrogen-bond donors (Lipinski definition) is 2. The molecular weight excluding hydrogens is 234 g/mol. The number of rotatable bonds is 2. The molecule has 2 heteroatoms. The van der Waals surface area contributed by atoms with E-state index in [1.54, 1.807) is 0 Å². The Balaban J connectivity index is 1.73. The number of hydrogen-bond acceptors (Lipinski definition) is 2. The lowest BCUT2D eigenvalue weighted by molar-refractivity contribution is 0.107. The van der Waals surface area contributed by atoms with Gasteiger partial charge in [-0.25, -0.2) is 0 Å². The van der Waals surface area contributed by atoms with Gasteiger partial charge in [0, 0.05) is 12.1 Å². The monoisotopic (exact) mass is 259 g/mol. The van der Waals surface area contributed by atoms with Crippen molar-refractivity contribution in [3.63, 3.8) is 0 Å². The van der Waals surface area contributed by atoms with Crippen molar-refractivity contribution in [2.75, 3.05) is 0 Å². The fourth-order valence-electron chi connectivity index (χ4n) is 3.78. The predicted molar refractivity (Wildman–Crippen MR) is 78.2 cm³/mol. The molecule has 2 aliphatic rings. The zero-order valence-electron chi connectivity index (χ0n) is 11.8. The van der Waals surface area contributed by atoms with E-state index in [1.165, 1.54) is 30.4 Å². The average molecular weight is 259 g/mol. The molecule has 2 N–H and O–H groups in total. The van der Waals surface area contributed by atoms with Crippen molar-refractivity contribution < 1.29 is 5.11 Å². The van der Waals surface area contributed by atoms with E-state index in [-0.39, 0.29) is 6.10 Å². The Kier molecular flexibility index (Phi) is 3.90. The van der Waals surface area contributed by atoms with E-state index in [0.717, 1.165) is 19.3 Å². The molecule has 19 heavy (non-hydrogen) atoms. The molecule has 2 nitrogen and oxygen atoms in total. The first-order chi connectivity index (χ1) is 9.24. The first-order valence-electron chi connectivity index (χ1n) is 7.77. The van der Waals surface area contributed by atoms with E-state index < -0.39 is 0 Å². The van der Waals surface area contributed by atoms with Crippen molar-refractivity contribution >= 4 is 0 Å². The minimum Gasteiger partial charge on any atom is -0.393 e. The second kappa shape index (κ2) is 5.64. The second-order valence-corrected chi connectivity index (χ2v) is 6.34. The van der Waals surface area contributed by atoms with Crippen LogP contribution in [0.2, 0.25) is 0 Å². The third kappa shape index (κ3) is 2.85. The van der Waals surface area contributed by atoms with Crippen LogP contribution >= 0.6 is 0 Å². The minimum absolute atomic E-state index is 0.0935. The normalized spacial score (nSPS) is 34.8. The van der Waals surface area contributed by atoms with Gasteiger partial charge >= 0.3 is 0 Å². The zero-order chi connectivity index (χ0) is 13.2. The molecule has 2 aliphatic carbocycles.